The first-order valence-corrected chi connectivity index (χ1v) is 8.77. The zero-order valence-electron chi connectivity index (χ0n) is 11.5. The van der Waals surface area contributed by atoms with Gasteiger partial charge in [-0.05, 0) is 31.2 Å². The summed E-state index contributed by atoms with van der Waals surface area (Å²) in [6.07, 6.45) is 4.69. The van der Waals surface area contributed by atoms with Crippen molar-refractivity contribution in [1.82, 2.24) is 0 Å². The summed E-state index contributed by atoms with van der Waals surface area (Å²) in [7, 11) is 0. The van der Waals surface area contributed by atoms with E-state index in [4.69, 9.17) is 10.00 Å². The molecule has 5 heteroatoms. The summed E-state index contributed by atoms with van der Waals surface area (Å²) >= 11 is 3.40. The number of ether oxygens (including phenoxy) is 1. The van der Waals surface area contributed by atoms with Gasteiger partial charge in [0.15, 0.2) is 0 Å². The van der Waals surface area contributed by atoms with Crippen LogP contribution in [0.2, 0.25) is 0 Å². The molecule has 2 unspecified atom stereocenters. The second-order valence-corrected chi connectivity index (χ2v) is 6.77. The average molecular weight is 306 g/mol. The molecule has 3 nitrogen and oxygen atoms in total. The van der Waals surface area contributed by atoms with Crippen LogP contribution < -0.4 is 0 Å². The lowest BCUT2D eigenvalue weighted by atomic mass is 10.1. The maximum Gasteiger partial charge on any atom is 0.130 e. The van der Waals surface area contributed by atoms with E-state index in [9.17, 15) is 0 Å². The zero-order chi connectivity index (χ0) is 14.2. The maximum absolute atomic E-state index is 8.89. The van der Waals surface area contributed by atoms with E-state index < -0.39 is 0 Å². The number of hydrogen-bond acceptors (Lipinski definition) is 5. The molecule has 0 aliphatic carbocycles. The molecule has 1 aromatic carbocycles. The zero-order valence-corrected chi connectivity index (χ0v) is 13.1. The largest absolute Gasteiger partial charge is 0.376 e. The number of aliphatic imine (C=N–C) groups is 1. The lowest BCUT2D eigenvalue weighted by molar-refractivity contribution is 0.0248. The Bertz CT molecular complexity index is 484. The Morgan fingerprint density at radius 2 is 2.25 bits per heavy atom. The van der Waals surface area contributed by atoms with E-state index in [0.29, 0.717) is 11.7 Å². The fourth-order valence-corrected chi connectivity index (χ4v) is 4.07. The van der Waals surface area contributed by atoms with Gasteiger partial charge in [0.1, 0.15) is 4.38 Å². The molecule has 1 heterocycles. The quantitative estimate of drug-likeness (QED) is 0.619. The van der Waals surface area contributed by atoms with Crippen molar-refractivity contribution >= 4 is 33.6 Å². The number of hydrogen-bond donors (Lipinski definition) is 0. The smallest absolute Gasteiger partial charge is 0.130 e. The first-order valence-electron chi connectivity index (χ1n) is 6.66. The van der Waals surface area contributed by atoms with Crippen molar-refractivity contribution in [3.05, 3.63) is 30.3 Å². The van der Waals surface area contributed by atoms with Gasteiger partial charge >= 0.3 is 0 Å². The van der Waals surface area contributed by atoms with Gasteiger partial charge in [0.2, 0.25) is 0 Å². The summed E-state index contributed by atoms with van der Waals surface area (Å²) in [5.74, 6) is 0. The Hall–Kier alpha value is -0.960. The van der Waals surface area contributed by atoms with Crippen LogP contribution in [0, 0.1) is 11.3 Å². The van der Waals surface area contributed by atoms with Gasteiger partial charge in [0.05, 0.1) is 24.3 Å². The standard InChI is InChI=1S/C15H18N2OS2/c1-19-15(17-12-6-3-2-4-7-12)20-14-8-5-11-18-13(14)9-10-16/h2-4,6-7,13-14H,5,8-9,11H2,1H3. The second kappa shape index (κ2) is 8.35. The summed E-state index contributed by atoms with van der Waals surface area (Å²) in [4.78, 5) is 4.67. The van der Waals surface area contributed by atoms with Gasteiger partial charge in [-0.15, -0.1) is 11.8 Å². The molecule has 0 spiro atoms. The van der Waals surface area contributed by atoms with E-state index in [-0.39, 0.29) is 6.10 Å². The lowest BCUT2D eigenvalue weighted by Gasteiger charge is -2.29. The molecular weight excluding hydrogens is 288 g/mol. The molecule has 1 saturated heterocycles. The molecule has 1 aliphatic rings. The lowest BCUT2D eigenvalue weighted by Crippen LogP contribution is -2.32. The molecule has 0 amide bonds. The highest BCUT2D eigenvalue weighted by molar-refractivity contribution is 8.38. The third-order valence-electron chi connectivity index (χ3n) is 3.08. The SMILES string of the molecule is CSC(=Nc1ccccc1)SC1CCCOC1CC#N. The summed E-state index contributed by atoms with van der Waals surface area (Å²) in [5.41, 5.74) is 0.970. The van der Waals surface area contributed by atoms with Crippen LogP contribution in [-0.2, 0) is 4.74 Å². The van der Waals surface area contributed by atoms with Crippen LogP contribution in [0.1, 0.15) is 19.3 Å². The molecule has 0 saturated carbocycles. The van der Waals surface area contributed by atoms with Crippen molar-refractivity contribution in [2.24, 2.45) is 4.99 Å². The minimum atomic E-state index is 0.0341. The van der Waals surface area contributed by atoms with Crippen LogP contribution in [0.3, 0.4) is 0 Å². The molecule has 0 radical (unpaired) electrons. The number of nitriles is 1. The normalized spacial score (nSPS) is 23.3. The first kappa shape index (κ1) is 15.4. The number of nitrogens with zero attached hydrogens (tertiary/aromatic N) is 2. The van der Waals surface area contributed by atoms with Crippen molar-refractivity contribution in [1.29, 1.82) is 5.26 Å². The average Bonchev–Trinajstić information content (AvgIpc) is 2.50. The molecule has 0 aromatic heterocycles. The van der Waals surface area contributed by atoms with Crippen molar-refractivity contribution < 1.29 is 4.74 Å². The second-order valence-electron chi connectivity index (χ2n) is 4.49. The Labute approximate surface area is 128 Å². The van der Waals surface area contributed by atoms with Crippen molar-refractivity contribution in [3.8, 4) is 6.07 Å². The topological polar surface area (TPSA) is 45.4 Å². The molecule has 20 heavy (non-hydrogen) atoms. The molecule has 1 aromatic rings. The van der Waals surface area contributed by atoms with E-state index in [0.717, 1.165) is 29.5 Å². The van der Waals surface area contributed by atoms with Gasteiger partial charge in [-0.1, -0.05) is 30.0 Å². The van der Waals surface area contributed by atoms with Crippen LogP contribution in [0.25, 0.3) is 0 Å². The highest BCUT2D eigenvalue weighted by atomic mass is 32.2. The van der Waals surface area contributed by atoms with E-state index in [1.807, 2.05) is 36.6 Å². The highest BCUT2D eigenvalue weighted by Gasteiger charge is 2.27. The molecule has 1 aliphatic heterocycles. The van der Waals surface area contributed by atoms with Gasteiger partial charge in [-0.3, -0.25) is 0 Å². The predicted molar refractivity (Wildman–Crippen MR) is 87.6 cm³/mol. The summed E-state index contributed by atoms with van der Waals surface area (Å²) < 4.78 is 6.76. The Morgan fingerprint density at radius 1 is 1.45 bits per heavy atom. The van der Waals surface area contributed by atoms with Crippen LogP contribution in [0.15, 0.2) is 35.3 Å². The molecule has 106 valence electrons. The summed E-state index contributed by atoms with van der Waals surface area (Å²) in [6, 6.07) is 12.2. The van der Waals surface area contributed by atoms with Gasteiger partial charge in [0, 0.05) is 11.9 Å². The Morgan fingerprint density at radius 3 is 2.95 bits per heavy atom. The van der Waals surface area contributed by atoms with Gasteiger partial charge in [0.25, 0.3) is 0 Å². The Kier molecular flexibility index (Phi) is 6.44. The highest BCUT2D eigenvalue weighted by Crippen LogP contribution is 2.32. The van der Waals surface area contributed by atoms with E-state index in [1.165, 1.54) is 0 Å². The molecule has 1 fully saturated rings. The third-order valence-corrected chi connectivity index (χ3v) is 5.44. The fourth-order valence-electron chi connectivity index (χ4n) is 2.09. The van der Waals surface area contributed by atoms with Crippen LogP contribution in [-0.4, -0.2) is 28.6 Å². The maximum atomic E-state index is 8.89. The predicted octanol–water partition coefficient (Wildman–Crippen LogP) is 4.23. The van der Waals surface area contributed by atoms with E-state index >= 15 is 0 Å². The van der Waals surface area contributed by atoms with Crippen molar-refractivity contribution in [2.75, 3.05) is 12.9 Å². The van der Waals surface area contributed by atoms with Crippen LogP contribution in [0.5, 0.6) is 0 Å². The number of benzene rings is 1. The molecule has 2 rings (SSSR count). The van der Waals surface area contributed by atoms with Gasteiger partial charge in [-0.25, -0.2) is 4.99 Å². The number of thioether (sulfide) groups is 2. The Balaban J connectivity index is 2.05. The molecule has 0 N–H and O–H groups in total. The molecule has 0 bridgehead atoms. The van der Waals surface area contributed by atoms with Crippen molar-refractivity contribution in [2.45, 2.75) is 30.6 Å². The monoisotopic (exact) mass is 306 g/mol. The first-order chi connectivity index (χ1) is 9.83. The molecule has 2 atom stereocenters. The minimum absolute atomic E-state index is 0.0341. The number of rotatable bonds is 3. The van der Waals surface area contributed by atoms with Crippen LogP contribution in [0.4, 0.5) is 5.69 Å². The minimum Gasteiger partial charge on any atom is -0.376 e. The van der Waals surface area contributed by atoms with E-state index in [2.05, 4.69) is 11.1 Å². The van der Waals surface area contributed by atoms with Crippen LogP contribution >= 0.6 is 23.5 Å². The summed E-state index contributed by atoms with van der Waals surface area (Å²) in [5, 5.41) is 9.22. The van der Waals surface area contributed by atoms with E-state index in [1.54, 1.807) is 23.5 Å². The van der Waals surface area contributed by atoms with Crippen molar-refractivity contribution in [3.63, 3.8) is 0 Å². The van der Waals surface area contributed by atoms with Gasteiger partial charge < -0.3 is 4.74 Å². The fraction of sp³-hybridized carbons (Fsp3) is 0.467. The van der Waals surface area contributed by atoms with Gasteiger partial charge in [-0.2, -0.15) is 5.26 Å². The number of para-hydroxylation sites is 1. The molecular formula is C15H18N2OS2. The summed E-state index contributed by atoms with van der Waals surface area (Å²) in [6.45, 7) is 0.772. The third kappa shape index (κ3) is 4.55.